The molecule has 0 aliphatic carbocycles. The quantitative estimate of drug-likeness (QED) is 0.172. The van der Waals surface area contributed by atoms with E-state index in [0.717, 1.165) is 19.4 Å². The summed E-state index contributed by atoms with van der Waals surface area (Å²) in [6.07, 6.45) is 2.76. The number of likely N-dealkylation sites (N-methyl/N-ethyl adjacent to an activating group) is 1. The summed E-state index contributed by atoms with van der Waals surface area (Å²) in [6.45, 7) is 5.65. The first kappa shape index (κ1) is 36.6. The van der Waals surface area contributed by atoms with E-state index in [1.54, 1.807) is 44.0 Å². The Hall–Kier alpha value is -3.75. The number of ether oxygens (including phenoxy) is 1. The van der Waals surface area contributed by atoms with Crippen LogP contribution < -0.4 is 15.4 Å². The summed E-state index contributed by atoms with van der Waals surface area (Å²) < 4.78 is 61.5. The van der Waals surface area contributed by atoms with Gasteiger partial charge in [-0.3, -0.25) is 19.2 Å². The lowest BCUT2D eigenvalue weighted by Crippen LogP contribution is -2.43. The van der Waals surface area contributed by atoms with Gasteiger partial charge in [-0.1, -0.05) is 23.7 Å². The average Bonchev–Trinajstić information content (AvgIpc) is 3.82. The third-order valence-corrected chi connectivity index (χ3v) is 12.6. The third kappa shape index (κ3) is 6.89. The predicted octanol–water partition coefficient (Wildman–Crippen LogP) is 5.87. The topological polar surface area (TPSA) is 149 Å². The Kier molecular flexibility index (Phi) is 10.3. The van der Waals surface area contributed by atoms with Crippen molar-refractivity contribution in [1.29, 1.82) is 0 Å². The van der Waals surface area contributed by atoms with Crippen molar-refractivity contribution in [2.24, 2.45) is 0 Å². The van der Waals surface area contributed by atoms with Crippen molar-refractivity contribution in [2.45, 2.75) is 57.3 Å². The van der Waals surface area contributed by atoms with E-state index in [1.165, 1.54) is 6.20 Å². The van der Waals surface area contributed by atoms with Crippen LogP contribution in [-0.2, 0) is 18.4 Å². The van der Waals surface area contributed by atoms with Gasteiger partial charge in [0.25, 0.3) is 0 Å². The molecule has 3 fully saturated rings. The number of benzene rings is 1. The Labute approximate surface area is 305 Å². The van der Waals surface area contributed by atoms with E-state index in [4.69, 9.17) is 36.1 Å². The Morgan fingerprint density at radius 3 is 2.71 bits per heavy atom. The van der Waals surface area contributed by atoms with Crippen molar-refractivity contribution in [2.75, 3.05) is 69.8 Å². The Bertz CT molecular complexity index is 2050. The van der Waals surface area contributed by atoms with Crippen LogP contribution in [0, 0.1) is 5.82 Å². The highest BCUT2D eigenvalue weighted by molar-refractivity contribution is 7.54. The molecule has 0 unspecified atom stereocenters. The molecule has 7 rings (SSSR count). The number of nitrogens with zero attached hydrogens (tertiary/aromatic N) is 7. The molecule has 3 atom stereocenters. The van der Waals surface area contributed by atoms with Gasteiger partial charge in [0.2, 0.25) is 5.91 Å². The molecule has 17 heteroatoms. The number of hydrogen-bond donors (Lipinski definition) is 1. The summed E-state index contributed by atoms with van der Waals surface area (Å²) in [6, 6.07) is 6.60. The van der Waals surface area contributed by atoms with E-state index < -0.39 is 25.1 Å². The predicted molar refractivity (Wildman–Crippen MR) is 195 cm³/mol. The number of carbonyl (C=O) groups excluding carboxylic acids is 1. The molecule has 2 N–H and O–H groups in total. The van der Waals surface area contributed by atoms with Crippen LogP contribution >= 0.6 is 19.2 Å². The normalized spacial score (nSPS) is 22.1. The fourth-order valence-electron chi connectivity index (χ4n) is 7.87. The number of pyridine rings is 2. The Morgan fingerprint density at radius 1 is 1.15 bits per heavy atom. The highest BCUT2D eigenvalue weighted by Gasteiger charge is 2.49. The number of nitrogens with two attached hydrogens (primary N) is 1. The minimum Gasteiger partial charge on any atom is -0.461 e. The van der Waals surface area contributed by atoms with Gasteiger partial charge < -0.3 is 29.3 Å². The average molecular weight is 759 g/mol. The van der Waals surface area contributed by atoms with Crippen LogP contribution in [0.1, 0.15) is 39.5 Å². The van der Waals surface area contributed by atoms with Crippen LogP contribution in [-0.4, -0.2) is 113 Å². The zero-order valence-corrected chi connectivity index (χ0v) is 31.0. The lowest BCUT2D eigenvalue weighted by Gasteiger charge is -2.31. The molecular weight excluding hydrogens is 717 g/mol. The molecule has 13 nitrogen and oxygen atoms in total. The van der Waals surface area contributed by atoms with E-state index in [-0.39, 0.29) is 73.2 Å². The number of anilines is 2. The maximum atomic E-state index is 16.9. The number of likely N-dealkylation sites (tertiary alicyclic amines) is 1. The number of aromatic nitrogens is 4. The molecule has 3 aromatic heterocycles. The fraction of sp³-hybridized carbons (Fsp3) is 0.514. The number of carbonyl (C=O) groups is 1. The van der Waals surface area contributed by atoms with E-state index in [0.29, 0.717) is 52.9 Å². The highest BCUT2D eigenvalue weighted by Crippen LogP contribution is 2.48. The number of alkyl halides is 1. The smallest absolute Gasteiger partial charge is 0.340 e. The lowest BCUT2D eigenvalue weighted by molar-refractivity contribution is -0.127. The van der Waals surface area contributed by atoms with Gasteiger partial charge in [0.05, 0.1) is 29.2 Å². The standard InChI is InChI=1S/C35H42ClF2N8O5P/c1-4-50-52(48,51-5-2)19-27(47)45-13-10-23(18-45)44(3)33-24-16-40-32(31-28-21(14-26(39)41-31)8-6-9-25(28)36)29(38)30(24)42-34(43-33)49-20-35-11-7-12-46(35)17-22(37)15-35/h6,8-9,14,16,22-23H,4-5,7,10-13,15,17-20H2,1-3H3,(H2,39,41)/t22-,23-,35+/m1/s1. The molecular formula is C35H42ClF2N8O5P. The van der Waals surface area contributed by atoms with Crippen molar-refractivity contribution < 1.29 is 31.9 Å². The van der Waals surface area contributed by atoms with Gasteiger partial charge in [-0.2, -0.15) is 9.97 Å². The van der Waals surface area contributed by atoms with Crippen molar-refractivity contribution in [3.05, 3.63) is 41.3 Å². The van der Waals surface area contributed by atoms with Crippen LogP contribution in [0.5, 0.6) is 6.01 Å². The first-order valence-electron chi connectivity index (χ1n) is 17.6. The summed E-state index contributed by atoms with van der Waals surface area (Å²) in [5.41, 5.74) is 5.66. The van der Waals surface area contributed by atoms with Gasteiger partial charge in [0, 0.05) is 50.7 Å². The van der Waals surface area contributed by atoms with E-state index >= 15 is 4.39 Å². The molecule has 3 aliphatic heterocycles. The van der Waals surface area contributed by atoms with Gasteiger partial charge in [-0.25, -0.2) is 13.8 Å². The number of rotatable bonds is 12. The Balaban J connectivity index is 1.25. The monoisotopic (exact) mass is 758 g/mol. The molecule has 3 aliphatic rings. The summed E-state index contributed by atoms with van der Waals surface area (Å²) in [7, 11) is -1.79. The molecule has 3 saturated heterocycles. The first-order valence-corrected chi connectivity index (χ1v) is 19.7. The maximum absolute atomic E-state index is 16.9. The number of halogens is 3. The molecule has 0 spiro atoms. The molecule has 4 aromatic rings. The van der Waals surface area contributed by atoms with Crippen LogP contribution in [0.3, 0.4) is 0 Å². The summed E-state index contributed by atoms with van der Waals surface area (Å²) in [5, 5.41) is 1.83. The molecule has 52 heavy (non-hydrogen) atoms. The molecule has 278 valence electrons. The third-order valence-electron chi connectivity index (χ3n) is 10.3. The minimum atomic E-state index is -3.60. The minimum absolute atomic E-state index is 0.0582. The molecule has 0 bridgehead atoms. The van der Waals surface area contributed by atoms with Crippen LogP contribution in [0.15, 0.2) is 30.5 Å². The van der Waals surface area contributed by atoms with E-state index in [9.17, 15) is 13.8 Å². The fourth-order valence-corrected chi connectivity index (χ4v) is 9.72. The van der Waals surface area contributed by atoms with Crippen LogP contribution in [0.2, 0.25) is 5.02 Å². The van der Waals surface area contributed by atoms with Crippen molar-refractivity contribution >= 4 is 58.4 Å². The van der Waals surface area contributed by atoms with Gasteiger partial charge in [-0.05, 0) is 57.2 Å². The molecule has 0 saturated carbocycles. The van der Waals surface area contributed by atoms with E-state index in [2.05, 4.69) is 19.9 Å². The van der Waals surface area contributed by atoms with Crippen molar-refractivity contribution in [3.8, 4) is 17.4 Å². The van der Waals surface area contributed by atoms with Crippen LogP contribution in [0.25, 0.3) is 33.1 Å². The number of fused-ring (bicyclic) bond motifs is 3. The maximum Gasteiger partial charge on any atom is 0.340 e. The molecule has 1 aromatic carbocycles. The first-order chi connectivity index (χ1) is 24.9. The summed E-state index contributed by atoms with van der Waals surface area (Å²) >= 11 is 6.59. The number of hydrogen-bond acceptors (Lipinski definition) is 12. The second-order valence-electron chi connectivity index (χ2n) is 13.6. The lowest BCUT2D eigenvalue weighted by atomic mass is 9.95. The largest absolute Gasteiger partial charge is 0.461 e. The number of amides is 1. The number of nitrogen functional groups attached to an aromatic ring is 1. The Morgan fingerprint density at radius 2 is 1.94 bits per heavy atom. The van der Waals surface area contributed by atoms with Crippen molar-refractivity contribution in [1.82, 2.24) is 29.7 Å². The van der Waals surface area contributed by atoms with Gasteiger partial charge in [0.15, 0.2) is 5.82 Å². The second-order valence-corrected chi connectivity index (χ2v) is 16.1. The summed E-state index contributed by atoms with van der Waals surface area (Å²) in [5.74, 6) is -0.611. The molecule has 6 heterocycles. The van der Waals surface area contributed by atoms with Gasteiger partial charge in [-0.15, -0.1) is 0 Å². The zero-order chi connectivity index (χ0) is 36.8. The zero-order valence-electron chi connectivity index (χ0n) is 29.4. The van der Waals surface area contributed by atoms with Crippen molar-refractivity contribution in [3.63, 3.8) is 0 Å². The summed E-state index contributed by atoms with van der Waals surface area (Å²) in [4.78, 5) is 37.1. The SMILES string of the molecule is CCOP(=O)(CC(=O)N1CC[C@@H](N(C)c2nc(OC[C@@]34CCCN3C[C@H](F)C4)nc3c(F)c(-c4nc(N)cc5cccc(Cl)c45)ncc23)C1)OCC. The van der Waals surface area contributed by atoms with E-state index in [1.807, 2.05) is 11.0 Å². The van der Waals surface area contributed by atoms with Gasteiger partial charge >= 0.3 is 13.6 Å². The van der Waals surface area contributed by atoms with Crippen LogP contribution in [0.4, 0.5) is 20.4 Å². The highest BCUT2D eigenvalue weighted by atomic mass is 35.5. The molecule has 1 amide bonds. The molecule has 0 radical (unpaired) electrons. The second kappa shape index (κ2) is 14.6. The van der Waals surface area contributed by atoms with Gasteiger partial charge in [0.1, 0.15) is 47.5 Å².